The van der Waals surface area contributed by atoms with Crippen LogP contribution in [0.1, 0.15) is 25.3 Å². The molecule has 1 aliphatic heterocycles. The average molecular weight is 351 g/mol. The van der Waals surface area contributed by atoms with Crippen LogP contribution in [0.25, 0.3) is 0 Å². The van der Waals surface area contributed by atoms with E-state index in [1.165, 1.54) is 18.4 Å². The summed E-state index contributed by atoms with van der Waals surface area (Å²) >= 11 is 0. The van der Waals surface area contributed by atoms with Crippen LogP contribution in [-0.2, 0) is 6.54 Å². The van der Waals surface area contributed by atoms with Crippen LogP contribution < -0.4 is 20.1 Å². The van der Waals surface area contributed by atoms with Crippen molar-refractivity contribution in [3.8, 4) is 11.5 Å². The van der Waals surface area contributed by atoms with E-state index in [0.717, 1.165) is 43.6 Å². The molecular weight excluding hydrogens is 323 g/mol. The summed E-state index contributed by atoms with van der Waals surface area (Å²) in [6, 6.07) is 6.15. The maximum atomic E-state index is 5.53. The molecule has 22 heavy (non-hydrogen) atoms. The smallest absolute Gasteiger partial charge is 0.161 e. The van der Waals surface area contributed by atoms with Gasteiger partial charge in [-0.3, -0.25) is 0 Å². The van der Waals surface area contributed by atoms with Crippen molar-refractivity contribution in [3.05, 3.63) is 23.8 Å². The lowest BCUT2D eigenvalue weighted by Gasteiger charge is -2.22. The molecule has 1 saturated heterocycles. The highest BCUT2D eigenvalue weighted by molar-refractivity contribution is 5.85. The number of hydrogen-bond acceptors (Lipinski definition) is 4. The van der Waals surface area contributed by atoms with Gasteiger partial charge in [0.05, 0.1) is 13.7 Å². The lowest BCUT2D eigenvalue weighted by molar-refractivity contribution is 0.310. The molecule has 0 atom stereocenters. The van der Waals surface area contributed by atoms with Gasteiger partial charge < -0.3 is 20.1 Å². The quantitative estimate of drug-likeness (QED) is 0.793. The van der Waals surface area contributed by atoms with Gasteiger partial charge in [-0.25, -0.2) is 0 Å². The summed E-state index contributed by atoms with van der Waals surface area (Å²) < 4.78 is 10.9. The molecule has 0 spiro atoms. The number of piperidine rings is 1. The number of nitrogens with one attached hydrogen (secondary N) is 2. The van der Waals surface area contributed by atoms with Gasteiger partial charge in [-0.1, -0.05) is 6.07 Å². The minimum absolute atomic E-state index is 0. The van der Waals surface area contributed by atoms with E-state index in [9.17, 15) is 0 Å². The Morgan fingerprint density at radius 1 is 1.18 bits per heavy atom. The highest BCUT2D eigenvalue weighted by Gasteiger charge is 2.12. The molecule has 0 amide bonds. The first-order valence-electron chi connectivity index (χ1n) is 7.54. The molecule has 0 radical (unpaired) electrons. The molecule has 0 bridgehead atoms. The molecule has 1 heterocycles. The Hall–Kier alpha value is -0.680. The van der Waals surface area contributed by atoms with E-state index >= 15 is 0 Å². The SMILES string of the molecule is CCOc1ccc(CNCC2CCNCC2)cc1OC.Cl.Cl. The topological polar surface area (TPSA) is 42.5 Å². The minimum Gasteiger partial charge on any atom is -0.493 e. The number of rotatable bonds is 7. The van der Waals surface area contributed by atoms with E-state index in [0.29, 0.717) is 6.61 Å². The van der Waals surface area contributed by atoms with Crippen molar-refractivity contribution < 1.29 is 9.47 Å². The fourth-order valence-electron chi connectivity index (χ4n) is 2.60. The fourth-order valence-corrected chi connectivity index (χ4v) is 2.60. The molecule has 1 aromatic carbocycles. The Balaban J connectivity index is 0.00000220. The van der Waals surface area contributed by atoms with Gasteiger partial charge in [-0.15, -0.1) is 24.8 Å². The van der Waals surface area contributed by atoms with Crippen molar-refractivity contribution in [2.45, 2.75) is 26.3 Å². The molecule has 1 aliphatic rings. The monoisotopic (exact) mass is 350 g/mol. The van der Waals surface area contributed by atoms with Gasteiger partial charge in [0.2, 0.25) is 0 Å². The van der Waals surface area contributed by atoms with Crippen LogP contribution in [-0.4, -0.2) is 33.4 Å². The Kier molecular flexibility index (Phi) is 11.5. The van der Waals surface area contributed by atoms with E-state index in [2.05, 4.69) is 22.8 Å². The van der Waals surface area contributed by atoms with Gasteiger partial charge in [0.1, 0.15) is 0 Å². The van der Waals surface area contributed by atoms with Gasteiger partial charge in [0.25, 0.3) is 0 Å². The molecule has 1 aromatic rings. The number of hydrogen-bond donors (Lipinski definition) is 2. The average Bonchev–Trinajstić information content (AvgIpc) is 2.50. The number of halogens is 2. The maximum Gasteiger partial charge on any atom is 0.161 e. The predicted molar refractivity (Wildman–Crippen MR) is 96.0 cm³/mol. The largest absolute Gasteiger partial charge is 0.493 e. The van der Waals surface area contributed by atoms with E-state index in [-0.39, 0.29) is 24.8 Å². The molecule has 128 valence electrons. The fraction of sp³-hybridized carbons (Fsp3) is 0.625. The van der Waals surface area contributed by atoms with Gasteiger partial charge in [0.15, 0.2) is 11.5 Å². The highest BCUT2D eigenvalue weighted by Crippen LogP contribution is 2.28. The zero-order valence-electron chi connectivity index (χ0n) is 13.4. The molecule has 2 N–H and O–H groups in total. The first kappa shape index (κ1) is 21.3. The third-order valence-corrected chi connectivity index (χ3v) is 3.75. The Bertz CT molecular complexity index is 413. The first-order valence-corrected chi connectivity index (χ1v) is 7.54. The van der Waals surface area contributed by atoms with Crippen molar-refractivity contribution in [2.24, 2.45) is 5.92 Å². The van der Waals surface area contributed by atoms with E-state index < -0.39 is 0 Å². The molecule has 0 aromatic heterocycles. The zero-order chi connectivity index (χ0) is 14.2. The Labute approximate surface area is 146 Å². The number of ether oxygens (including phenoxy) is 2. The lowest BCUT2D eigenvalue weighted by atomic mass is 9.98. The molecule has 0 aliphatic carbocycles. The molecule has 4 nitrogen and oxygen atoms in total. The number of methoxy groups -OCH3 is 1. The molecule has 1 fully saturated rings. The Morgan fingerprint density at radius 3 is 2.55 bits per heavy atom. The summed E-state index contributed by atoms with van der Waals surface area (Å²) in [5.74, 6) is 2.44. The number of benzene rings is 1. The summed E-state index contributed by atoms with van der Waals surface area (Å²) in [7, 11) is 1.68. The summed E-state index contributed by atoms with van der Waals surface area (Å²) in [5, 5.41) is 6.95. The van der Waals surface area contributed by atoms with E-state index in [1.807, 2.05) is 13.0 Å². The van der Waals surface area contributed by atoms with E-state index in [4.69, 9.17) is 9.47 Å². The summed E-state index contributed by atoms with van der Waals surface area (Å²) in [6.07, 6.45) is 2.55. The summed E-state index contributed by atoms with van der Waals surface area (Å²) in [6.45, 7) is 6.92. The minimum atomic E-state index is 0. The van der Waals surface area contributed by atoms with Gasteiger partial charge in [0, 0.05) is 6.54 Å². The Morgan fingerprint density at radius 2 is 1.91 bits per heavy atom. The van der Waals surface area contributed by atoms with Crippen LogP contribution in [0.3, 0.4) is 0 Å². The summed E-state index contributed by atoms with van der Waals surface area (Å²) in [4.78, 5) is 0. The normalized spacial score (nSPS) is 14.6. The standard InChI is InChI=1S/C16H26N2O2.2ClH/c1-3-20-15-5-4-14(10-16(15)19-2)12-18-11-13-6-8-17-9-7-13;;/h4-5,10,13,17-18H,3,6-9,11-12H2,1-2H3;2*1H. The zero-order valence-corrected chi connectivity index (χ0v) is 15.0. The van der Waals surface area contributed by atoms with Crippen LogP contribution in [0.4, 0.5) is 0 Å². The third-order valence-electron chi connectivity index (χ3n) is 3.75. The van der Waals surface area contributed by atoms with Gasteiger partial charge >= 0.3 is 0 Å². The lowest BCUT2D eigenvalue weighted by Crippen LogP contribution is -2.33. The van der Waals surface area contributed by atoms with Crippen LogP contribution in [0, 0.1) is 5.92 Å². The second-order valence-electron chi connectivity index (χ2n) is 5.24. The van der Waals surface area contributed by atoms with Crippen LogP contribution in [0.15, 0.2) is 18.2 Å². The molecule has 0 unspecified atom stereocenters. The second kappa shape index (κ2) is 11.8. The maximum absolute atomic E-state index is 5.53. The predicted octanol–water partition coefficient (Wildman–Crippen LogP) is 3.03. The van der Waals surface area contributed by atoms with Gasteiger partial charge in [-0.2, -0.15) is 0 Å². The summed E-state index contributed by atoms with van der Waals surface area (Å²) in [5.41, 5.74) is 1.24. The van der Waals surface area contributed by atoms with Crippen LogP contribution in [0.5, 0.6) is 11.5 Å². The molecular formula is C16H28Cl2N2O2. The second-order valence-corrected chi connectivity index (χ2v) is 5.24. The van der Waals surface area contributed by atoms with Crippen molar-refractivity contribution in [1.29, 1.82) is 0 Å². The van der Waals surface area contributed by atoms with Crippen molar-refractivity contribution in [2.75, 3.05) is 33.4 Å². The first-order chi connectivity index (χ1) is 9.83. The van der Waals surface area contributed by atoms with E-state index in [1.54, 1.807) is 7.11 Å². The van der Waals surface area contributed by atoms with Crippen molar-refractivity contribution >= 4 is 24.8 Å². The van der Waals surface area contributed by atoms with Crippen LogP contribution >= 0.6 is 24.8 Å². The molecule has 2 rings (SSSR count). The highest BCUT2D eigenvalue weighted by atomic mass is 35.5. The van der Waals surface area contributed by atoms with Crippen molar-refractivity contribution in [1.82, 2.24) is 10.6 Å². The molecule has 6 heteroatoms. The van der Waals surface area contributed by atoms with Crippen molar-refractivity contribution in [3.63, 3.8) is 0 Å². The van der Waals surface area contributed by atoms with Gasteiger partial charge in [-0.05, 0) is 63.0 Å². The van der Waals surface area contributed by atoms with Crippen LogP contribution in [0.2, 0.25) is 0 Å². The molecule has 0 saturated carbocycles. The third kappa shape index (κ3) is 6.61.